The van der Waals surface area contributed by atoms with Crippen LogP contribution in [0.4, 0.5) is 0 Å². The molecule has 138 valence electrons. The molecular weight excluding hydrogens is 352 g/mol. The molecule has 1 aromatic carbocycles. The highest BCUT2D eigenvalue weighted by molar-refractivity contribution is 7.89. The molecule has 2 aliphatic rings. The number of rotatable bonds is 5. The third-order valence-electron chi connectivity index (χ3n) is 5.23. The lowest BCUT2D eigenvalue weighted by Gasteiger charge is -2.49. The van der Waals surface area contributed by atoms with Gasteiger partial charge in [-0.15, -0.1) is 0 Å². The third-order valence-corrected chi connectivity index (χ3v) is 7.04. The summed E-state index contributed by atoms with van der Waals surface area (Å²) >= 11 is 0. The van der Waals surface area contributed by atoms with E-state index in [1.165, 1.54) is 4.31 Å². The molecule has 0 saturated carbocycles. The van der Waals surface area contributed by atoms with E-state index in [9.17, 15) is 8.42 Å². The SMILES string of the molecule is Cc1ccc(S(=O)(=O)N2CC3(C2)OCCC3COc2cccnc2)cc1. The zero-order valence-electron chi connectivity index (χ0n) is 14.7. The summed E-state index contributed by atoms with van der Waals surface area (Å²) in [5.41, 5.74) is 0.607. The average molecular weight is 374 g/mol. The van der Waals surface area contributed by atoms with E-state index in [1.54, 1.807) is 24.5 Å². The Morgan fingerprint density at radius 2 is 2.04 bits per heavy atom. The van der Waals surface area contributed by atoms with Crippen LogP contribution in [0.3, 0.4) is 0 Å². The third kappa shape index (κ3) is 3.11. The first-order valence-electron chi connectivity index (χ1n) is 8.73. The average Bonchev–Trinajstić information content (AvgIpc) is 3.04. The summed E-state index contributed by atoms with van der Waals surface area (Å²) in [4.78, 5) is 4.37. The lowest BCUT2D eigenvalue weighted by Crippen LogP contribution is -2.66. The molecule has 0 radical (unpaired) electrons. The monoisotopic (exact) mass is 374 g/mol. The van der Waals surface area contributed by atoms with Crippen LogP contribution in [0.15, 0.2) is 53.7 Å². The van der Waals surface area contributed by atoms with Crippen molar-refractivity contribution in [1.82, 2.24) is 9.29 Å². The summed E-state index contributed by atoms with van der Waals surface area (Å²) in [5.74, 6) is 0.894. The van der Waals surface area contributed by atoms with Gasteiger partial charge in [0.2, 0.25) is 10.0 Å². The molecule has 0 bridgehead atoms. The first-order valence-corrected chi connectivity index (χ1v) is 10.2. The minimum atomic E-state index is -3.47. The van der Waals surface area contributed by atoms with E-state index in [0.29, 0.717) is 31.2 Å². The van der Waals surface area contributed by atoms with Gasteiger partial charge >= 0.3 is 0 Å². The lowest BCUT2D eigenvalue weighted by atomic mass is 9.83. The number of pyridine rings is 1. The molecule has 0 N–H and O–H groups in total. The van der Waals surface area contributed by atoms with E-state index in [-0.39, 0.29) is 5.92 Å². The first-order chi connectivity index (χ1) is 12.5. The fourth-order valence-corrected chi connectivity index (χ4v) is 5.13. The maximum Gasteiger partial charge on any atom is 0.243 e. The lowest BCUT2D eigenvalue weighted by molar-refractivity contribution is -0.107. The number of aromatic nitrogens is 1. The predicted molar refractivity (Wildman–Crippen MR) is 96.5 cm³/mol. The number of hydrogen-bond acceptors (Lipinski definition) is 5. The van der Waals surface area contributed by atoms with Crippen molar-refractivity contribution in [2.24, 2.45) is 5.92 Å². The van der Waals surface area contributed by atoms with E-state index >= 15 is 0 Å². The van der Waals surface area contributed by atoms with Gasteiger partial charge in [-0.1, -0.05) is 17.7 Å². The second kappa shape index (κ2) is 6.64. The van der Waals surface area contributed by atoms with Gasteiger partial charge in [-0.05, 0) is 37.6 Å². The molecule has 6 nitrogen and oxygen atoms in total. The van der Waals surface area contributed by atoms with Crippen LogP contribution in [0.5, 0.6) is 5.75 Å². The zero-order chi connectivity index (χ0) is 18.2. The van der Waals surface area contributed by atoms with Gasteiger partial charge in [-0.3, -0.25) is 4.98 Å². The molecular formula is C19H22N2O4S. The molecule has 3 heterocycles. The molecule has 2 fully saturated rings. The summed E-state index contributed by atoms with van der Waals surface area (Å²) in [5, 5.41) is 0. The highest BCUT2D eigenvalue weighted by atomic mass is 32.2. The van der Waals surface area contributed by atoms with Crippen LogP contribution in [0.25, 0.3) is 0 Å². The van der Waals surface area contributed by atoms with Gasteiger partial charge in [-0.2, -0.15) is 4.31 Å². The van der Waals surface area contributed by atoms with E-state index in [0.717, 1.165) is 17.7 Å². The first kappa shape index (κ1) is 17.5. The normalized spacial score (nSPS) is 22.3. The molecule has 1 spiro atoms. The highest BCUT2D eigenvalue weighted by Gasteiger charge is 2.56. The number of nitrogens with zero attached hydrogens (tertiary/aromatic N) is 2. The molecule has 2 aliphatic heterocycles. The highest BCUT2D eigenvalue weighted by Crippen LogP contribution is 2.42. The standard InChI is InChI=1S/C19H22N2O4S/c1-15-4-6-18(7-5-15)26(22,23)21-13-19(14-21)16(8-10-25-19)12-24-17-3-2-9-20-11-17/h2-7,9,11,16H,8,10,12-14H2,1H3. The maximum atomic E-state index is 12.8. The van der Waals surface area contributed by atoms with Crippen molar-refractivity contribution in [3.8, 4) is 5.75 Å². The minimum Gasteiger partial charge on any atom is -0.492 e. The molecule has 2 aromatic rings. The zero-order valence-corrected chi connectivity index (χ0v) is 15.5. The molecule has 26 heavy (non-hydrogen) atoms. The summed E-state index contributed by atoms with van der Waals surface area (Å²) in [7, 11) is -3.47. The fraction of sp³-hybridized carbons (Fsp3) is 0.421. The minimum absolute atomic E-state index is 0.173. The fourth-order valence-electron chi connectivity index (χ4n) is 3.58. The van der Waals surface area contributed by atoms with Gasteiger partial charge in [0.25, 0.3) is 0 Å². The van der Waals surface area contributed by atoms with Crippen molar-refractivity contribution < 1.29 is 17.9 Å². The van der Waals surface area contributed by atoms with Crippen molar-refractivity contribution in [3.05, 3.63) is 54.4 Å². The van der Waals surface area contributed by atoms with E-state index in [2.05, 4.69) is 4.98 Å². The van der Waals surface area contributed by atoms with Crippen LogP contribution in [0, 0.1) is 12.8 Å². The van der Waals surface area contributed by atoms with Gasteiger partial charge in [-0.25, -0.2) is 8.42 Å². The second-order valence-corrected chi connectivity index (χ2v) is 8.92. The maximum absolute atomic E-state index is 12.8. The van der Waals surface area contributed by atoms with Crippen molar-refractivity contribution in [1.29, 1.82) is 0 Å². The summed E-state index contributed by atoms with van der Waals surface area (Å²) in [6, 6.07) is 10.7. The van der Waals surface area contributed by atoms with Crippen LogP contribution >= 0.6 is 0 Å². The summed E-state index contributed by atoms with van der Waals surface area (Å²) < 4.78 is 38.9. The Bertz CT molecular complexity index is 862. The van der Waals surface area contributed by atoms with Crippen molar-refractivity contribution in [2.75, 3.05) is 26.3 Å². The molecule has 0 aliphatic carbocycles. The Kier molecular flexibility index (Phi) is 4.46. The summed E-state index contributed by atoms with van der Waals surface area (Å²) in [6.45, 7) is 3.84. The van der Waals surface area contributed by atoms with Gasteiger partial charge in [0.05, 0.1) is 17.7 Å². The molecule has 1 atom stereocenters. The predicted octanol–water partition coefficient (Wildman–Crippen LogP) is 2.25. The summed E-state index contributed by atoms with van der Waals surface area (Å²) in [6.07, 6.45) is 4.25. The van der Waals surface area contributed by atoms with Crippen LogP contribution < -0.4 is 4.74 Å². The van der Waals surface area contributed by atoms with Gasteiger partial charge in [0.1, 0.15) is 11.4 Å². The molecule has 2 saturated heterocycles. The molecule has 1 aromatic heterocycles. The largest absolute Gasteiger partial charge is 0.492 e. The number of hydrogen-bond donors (Lipinski definition) is 0. The molecule has 7 heteroatoms. The van der Waals surface area contributed by atoms with Crippen LogP contribution in [-0.2, 0) is 14.8 Å². The topological polar surface area (TPSA) is 68.7 Å². The van der Waals surface area contributed by atoms with Crippen molar-refractivity contribution >= 4 is 10.0 Å². The number of ether oxygens (including phenoxy) is 2. The Balaban J connectivity index is 1.42. The molecule has 4 rings (SSSR count). The van der Waals surface area contributed by atoms with Crippen molar-refractivity contribution in [3.63, 3.8) is 0 Å². The van der Waals surface area contributed by atoms with Crippen LogP contribution in [0.2, 0.25) is 0 Å². The smallest absolute Gasteiger partial charge is 0.243 e. The number of sulfonamides is 1. The molecule has 0 amide bonds. The van der Waals surface area contributed by atoms with Crippen molar-refractivity contribution in [2.45, 2.75) is 23.8 Å². The van der Waals surface area contributed by atoms with E-state index < -0.39 is 15.6 Å². The molecule has 1 unspecified atom stereocenters. The van der Waals surface area contributed by atoms with Gasteiger partial charge in [0.15, 0.2) is 0 Å². The Labute approximate surface area is 153 Å². The number of benzene rings is 1. The Morgan fingerprint density at radius 1 is 1.27 bits per heavy atom. The van der Waals surface area contributed by atoms with Crippen LogP contribution in [0.1, 0.15) is 12.0 Å². The second-order valence-electron chi connectivity index (χ2n) is 6.98. The Hall–Kier alpha value is -1.96. The van der Waals surface area contributed by atoms with Gasteiger partial charge in [0, 0.05) is 31.8 Å². The van der Waals surface area contributed by atoms with Crippen LogP contribution in [-0.4, -0.2) is 49.6 Å². The number of aryl methyl sites for hydroxylation is 1. The Morgan fingerprint density at radius 3 is 2.73 bits per heavy atom. The van der Waals surface area contributed by atoms with E-state index in [1.807, 2.05) is 31.2 Å². The quantitative estimate of drug-likeness (QED) is 0.803. The van der Waals surface area contributed by atoms with E-state index in [4.69, 9.17) is 9.47 Å². The van der Waals surface area contributed by atoms with Gasteiger partial charge < -0.3 is 9.47 Å².